The van der Waals surface area contributed by atoms with Gasteiger partial charge in [0.05, 0.1) is 5.69 Å². The molecule has 0 spiro atoms. The summed E-state index contributed by atoms with van der Waals surface area (Å²) in [6.07, 6.45) is -0.853. The van der Waals surface area contributed by atoms with Crippen molar-refractivity contribution in [3.63, 3.8) is 0 Å². The highest BCUT2D eigenvalue weighted by Gasteiger charge is 2.18. The van der Waals surface area contributed by atoms with Gasteiger partial charge in [0.25, 0.3) is 12.2 Å². The third-order valence-corrected chi connectivity index (χ3v) is 3.33. The van der Waals surface area contributed by atoms with Gasteiger partial charge in [-0.25, -0.2) is 13.8 Å². The van der Waals surface area contributed by atoms with E-state index in [-0.39, 0.29) is 11.5 Å². The minimum Gasteiger partial charge on any atom is -0.211 e. The van der Waals surface area contributed by atoms with E-state index in [0.29, 0.717) is 10.9 Å². The number of hydrogen-bond acceptors (Lipinski definition) is 4. The van der Waals surface area contributed by atoms with E-state index in [1.165, 1.54) is 17.8 Å². The van der Waals surface area contributed by atoms with Crippen LogP contribution >= 0.6 is 11.8 Å². The molecule has 0 amide bonds. The summed E-state index contributed by atoms with van der Waals surface area (Å²) >= 11 is 1.29. The fourth-order valence-electron chi connectivity index (χ4n) is 1.87. The molecule has 0 aliphatic rings. The van der Waals surface area contributed by atoms with E-state index in [9.17, 15) is 8.78 Å². The molecule has 0 radical (unpaired) electrons. The predicted molar refractivity (Wildman–Crippen MR) is 73.0 cm³/mol. The van der Waals surface area contributed by atoms with Crippen LogP contribution in [0.25, 0.3) is 17.0 Å². The van der Waals surface area contributed by atoms with Crippen molar-refractivity contribution in [1.29, 1.82) is 0 Å². The SMILES string of the molecule is CSc1nc2nc(-c3ccccc3)cc(C(F)F)n2n1. The molecule has 2 heterocycles. The molecule has 1 aromatic carbocycles. The maximum atomic E-state index is 13.2. The van der Waals surface area contributed by atoms with E-state index < -0.39 is 6.43 Å². The maximum absolute atomic E-state index is 13.2. The predicted octanol–water partition coefficient (Wildman–Crippen LogP) is 3.45. The fraction of sp³-hybridized carbons (Fsp3) is 0.154. The van der Waals surface area contributed by atoms with Crippen LogP contribution in [0, 0.1) is 0 Å². The van der Waals surface area contributed by atoms with Gasteiger partial charge in [0.15, 0.2) is 0 Å². The zero-order valence-corrected chi connectivity index (χ0v) is 11.3. The Bertz CT molecular complexity index is 743. The molecule has 0 saturated heterocycles. The van der Waals surface area contributed by atoms with Crippen LogP contribution in [-0.2, 0) is 0 Å². The second-order valence-corrected chi connectivity index (χ2v) is 4.82. The quantitative estimate of drug-likeness (QED) is 0.693. The zero-order valence-electron chi connectivity index (χ0n) is 10.5. The molecule has 3 aromatic rings. The van der Waals surface area contributed by atoms with Gasteiger partial charge < -0.3 is 0 Å². The average molecular weight is 292 g/mol. The summed E-state index contributed by atoms with van der Waals surface area (Å²) in [7, 11) is 0. The van der Waals surface area contributed by atoms with Crippen molar-refractivity contribution in [1.82, 2.24) is 19.6 Å². The molecule has 0 bridgehead atoms. The van der Waals surface area contributed by atoms with Crippen molar-refractivity contribution >= 4 is 17.5 Å². The van der Waals surface area contributed by atoms with Crippen molar-refractivity contribution < 1.29 is 8.78 Å². The number of alkyl halides is 2. The summed E-state index contributed by atoms with van der Waals surface area (Å²) in [5, 5.41) is 4.43. The van der Waals surface area contributed by atoms with Gasteiger partial charge in [-0.2, -0.15) is 9.50 Å². The molecule has 2 aromatic heterocycles. The topological polar surface area (TPSA) is 43.1 Å². The monoisotopic (exact) mass is 292 g/mol. The Labute approximate surface area is 117 Å². The van der Waals surface area contributed by atoms with Crippen LogP contribution in [0.3, 0.4) is 0 Å². The van der Waals surface area contributed by atoms with Gasteiger partial charge in [-0.15, -0.1) is 5.10 Å². The van der Waals surface area contributed by atoms with Crippen LogP contribution < -0.4 is 0 Å². The molecule has 0 saturated carbocycles. The number of hydrogen-bond donors (Lipinski definition) is 0. The molecule has 0 fully saturated rings. The molecule has 4 nitrogen and oxygen atoms in total. The number of fused-ring (bicyclic) bond motifs is 1. The first kappa shape index (κ1) is 13.0. The van der Waals surface area contributed by atoms with Gasteiger partial charge in [-0.3, -0.25) is 0 Å². The number of nitrogens with zero attached hydrogens (tertiary/aromatic N) is 4. The van der Waals surface area contributed by atoms with Crippen LogP contribution in [-0.4, -0.2) is 25.8 Å². The number of rotatable bonds is 3. The molecule has 102 valence electrons. The second kappa shape index (κ2) is 5.16. The lowest BCUT2D eigenvalue weighted by molar-refractivity contribution is 0.143. The lowest BCUT2D eigenvalue weighted by Crippen LogP contribution is -2.02. The van der Waals surface area contributed by atoms with E-state index in [1.807, 2.05) is 30.3 Å². The van der Waals surface area contributed by atoms with Crippen molar-refractivity contribution in [3.8, 4) is 11.3 Å². The number of aromatic nitrogens is 4. The summed E-state index contributed by atoms with van der Waals surface area (Å²) in [5.41, 5.74) is 1.03. The standard InChI is InChI=1S/C13H10F2N4S/c1-20-13-17-12-16-9(8-5-3-2-4-6-8)7-10(11(14)15)19(12)18-13/h2-7,11H,1H3. The van der Waals surface area contributed by atoms with Gasteiger partial charge in [-0.1, -0.05) is 42.1 Å². The lowest BCUT2D eigenvalue weighted by Gasteiger charge is -2.06. The van der Waals surface area contributed by atoms with Gasteiger partial charge in [0.1, 0.15) is 5.69 Å². The summed E-state index contributed by atoms with van der Waals surface area (Å²) in [6, 6.07) is 10.5. The lowest BCUT2D eigenvalue weighted by atomic mass is 10.1. The van der Waals surface area contributed by atoms with Gasteiger partial charge in [0, 0.05) is 5.56 Å². The zero-order chi connectivity index (χ0) is 14.1. The second-order valence-electron chi connectivity index (χ2n) is 4.04. The smallest absolute Gasteiger partial charge is 0.211 e. The first-order valence-corrected chi connectivity index (χ1v) is 7.07. The molecule has 0 N–H and O–H groups in total. The Balaban J connectivity index is 2.25. The Morgan fingerprint density at radius 2 is 1.90 bits per heavy atom. The van der Waals surface area contributed by atoms with Gasteiger partial charge in [0.2, 0.25) is 5.16 Å². The summed E-state index contributed by atoms with van der Waals surface area (Å²) in [5.74, 6) is 0.186. The van der Waals surface area contributed by atoms with Crippen LogP contribution in [0.1, 0.15) is 12.1 Å². The third-order valence-electron chi connectivity index (χ3n) is 2.80. The first-order valence-electron chi connectivity index (χ1n) is 5.84. The fourth-order valence-corrected chi connectivity index (χ4v) is 2.21. The van der Waals surface area contributed by atoms with E-state index in [2.05, 4.69) is 15.1 Å². The molecule has 3 rings (SSSR count). The van der Waals surface area contributed by atoms with Gasteiger partial charge in [-0.05, 0) is 12.3 Å². The number of thioether (sulfide) groups is 1. The molecule has 0 unspecified atom stereocenters. The minimum absolute atomic E-state index is 0.186. The van der Waals surface area contributed by atoms with Crippen LogP contribution in [0.4, 0.5) is 8.78 Å². The maximum Gasteiger partial charge on any atom is 0.280 e. The van der Waals surface area contributed by atoms with E-state index in [1.54, 1.807) is 6.26 Å². The average Bonchev–Trinajstić information content (AvgIpc) is 2.89. The van der Waals surface area contributed by atoms with E-state index in [0.717, 1.165) is 10.1 Å². The first-order chi connectivity index (χ1) is 9.69. The molecule has 0 atom stereocenters. The largest absolute Gasteiger partial charge is 0.280 e. The molecule has 20 heavy (non-hydrogen) atoms. The Kier molecular flexibility index (Phi) is 3.35. The number of halogens is 2. The van der Waals surface area contributed by atoms with Crippen LogP contribution in [0.15, 0.2) is 41.6 Å². The van der Waals surface area contributed by atoms with Crippen molar-refractivity contribution in [3.05, 3.63) is 42.1 Å². The van der Waals surface area contributed by atoms with Crippen molar-refractivity contribution in [2.45, 2.75) is 11.6 Å². The highest BCUT2D eigenvalue weighted by Crippen LogP contribution is 2.25. The van der Waals surface area contributed by atoms with E-state index >= 15 is 0 Å². The van der Waals surface area contributed by atoms with Crippen molar-refractivity contribution in [2.24, 2.45) is 0 Å². The highest BCUT2D eigenvalue weighted by molar-refractivity contribution is 7.98. The van der Waals surface area contributed by atoms with Crippen LogP contribution in [0.2, 0.25) is 0 Å². The Hall–Kier alpha value is -2.02. The highest BCUT2D eigenvalue weighted by atomic mass is 32.2. The normalized spacial score (nSPS) is 11.4. The van der Waals surface area contributed by atoms with Gasteiger partial charge >= 0.3 is 0 Å². The molecule has 0 aliphatic carbocycles. The van der Waals surface area contributed by atoms with Crippen LogP contribution in [0.5, 0.6) is 0 Å². The van der Waals surface area contributed by atoms with Crippen molar-refractivity contribution in [2.75, 3.05) is 6.26 Å². The Morgan fingerprint density at radius 3 is 2.55 bits per heavy atom. The minimum atomic E-state index is -2.64. The summed E-state index contributed by atoms with van der Waals surface area (Å²) < 4.78 is 27.5. The molecule has 0 aliphatic heterocycles. The summed E-state index contributed by atoms with van der Waals surface area (Å²) in [6.45, 7) is 0. The number of benzene rings is 1. The summed E-state index contributed by atoms with van der Waals surface area (Å²) in [4.78, 5) is 8.43. The third kappa shape index (κ3) is 2.24. The Morgan fingerprint density at radius 1 is 1.15 bits per heavy atom. The molecule has 7 heteroatoms. The molecular formula is C13H10F2N4S. The van der Waals surface area contributed by atoms with E-state index in [4.69, 9.17) is 0 Å². The molecular weight excluding hydrogens is 282 g/mol.